The number of rotatable bonds is 3. The molecular formula is C12H13NO2. The van der Waals surface area contributed by atoms with Crippen molar-refractivity contribution in [2.45, 2.75) is 26.7 Å². The van der Waals surface area contributed by atoms with Gasteiger partial charge in [0.25, 0.3) is 0 Å². The minimum Gasteiger partial charge on any atom is -0.425 e. The highest BCUT2D eigenvalue weighted by Crippen LogP contribution is 2.19. The molecular weight excluding hydrogens is 190 g/mol. The number of carbonyl (C=O) groups is 1. The van der Waals surface area contributed by atoms with Gasteiger partial charge in [0.05, 0.1) is 5.56 Å². The van der Waals surface area contributed by atoms with Gasteiger partial charge in [0.1, 0.15) is 11.8 Å². The van der Waals surface area contributed by atoms with Gasteiger partial charge < -0.3 is 4.74 Å². The Hall–Kier alpha value is -1.82. The number of hydrogen-bond acceptors (Lipinski definition) is 3. The summed E-state index contributed by atoms with van der Waals surface area (Å²) in [7, 11) is 0. The molecule has 0 aromatic heterocycles. The standard InChI is InChI=1S/C12H13NO2/c1-3-4-12(14)15-11-6-5-9(2)7-10(11)8-13/h5-7H,3-4H2,1-2H3. The normalized spacial score (nSPS) is 9.40. The predicted molar refractivity (Wildman–Crippen MR) is 56.4 cm³/mol. The van der Waals surface area contributed by atoms with Crippen LogP contribution in [0.25, 0.3) is 0 Å². The first-order chi connectivity index (χ1) is 7.17. The Labute approximate surface area is 89.3 Å². The molecule has 0 heterocycles. The van der Waals surface area contributed by atoms with E-state index in [1.54, 1.807) is 12.1 Å². The molecule has 0 saturated carbocycles. The van der Waals surface area contributed by atoms with Crippen molar-refractivity contribution in [3.8, 4) is 11.8 Å². The van der Waals surface area contributed by atoms with Crippen molar-refractivity contribution in [1.29, 1.82) is 5.26 Å². The van der Waals surface area contributed by atoms with Crippen molar-refractivity contribution >= 4 is 5.97 Å². The Bertz CT molecular complexity index is 405. The molecule has 3 nitrogen and oxygen atoms in total. The summed E-state index contributed by atoms with van der Waals surface area (Å²) < 4.78 is 5.07. The lowest BCUT2D eigenvalue weighted by Crippen LogP contribution is -2.07. The first kappa shape index (κ1) is 11.3. The number of benzene rings is 1. The number of carbonyl (C=O) groups excluding carboxylic acids is 1. The van der Waals surface area contributed by atoms with E-state index < -0.39 is 0 Å². The molecule has 0 aliphatic carbocycles. The topological polar surface area (TPSA) is 50.1 Å². The van der Waals surface area contributed by atoms with Gasteiger partial charge in [-0.25, -0.2) is 0 Å². The zero-order chi connectivity index (χ0) is 11.3. The van der Waals surface area contributed by atoms with E-state index >= 15 is 0 Å². The second kappa shape index (κ2) is 5.16. The third-order valence-electron chi connectivity index (χ3n) is 1.93. The molecule has 3 heteroatoms. The Morgan fingerprint density at radius 1 is 1.53 bits per heavy atom. The SMILES string of the molecule is CCCC(=O)Oc1ccc(C)cc1C#N. The van der Waals surface area contributed by atoms with Crippen molar-refractivity contribution in [3.63, 3.8) is 0 Å². The van der Waals surface area contributed by atoms with Crippen LogP contribution in [0.5, 0.6) is 5.75 Å². The molecule has 0 aliphatic heterocycles. The Morgan fingerprint density at radius 3 is 2.87 bits per heavy atom. The molecule has 0 aliphatic rings. The Balaban J connectivity index is 2.86. The van der Waals surface area contributed by atoms with Crippen molar-refractivity contribution in [1.82, 2.24) is 0 Å². The Kier molecular flexibility index (Phi) is 3.87. The molecule has 0 saturated heterocycles. The summed E-state index contributed by atoms with van der Waals surface area (Å²) in [6, 6.07) is 7.18. The van der Waals surface area contributed by atoms with E-state index in [-0.39, 0.29) is 5.97 Å². The summed E-state index contributed by atoms with van der Waals surface area (Å²) in [6.45, 7) is 3.79. The molecule has 0 amide bonds. The average Bonchev–Trinajstić information content (AvgIpc) is 2.21. The predicted octanol–water partition coefficient (Wildman–Crippen LogP) is 2.57. The minimum absolute atomic E-state index is 0.294. The van der Waals surface area contributed by atoms with Crippen LogP contribution >= 0.6 is 0 Å². The van der Waals surface area contributed by atoms with Gasteiger partial charge in [-0.15, -0.1) is 0 Å². The monoisotopic (exact) mass is 203 g/mol. The third-order valence-corrected chi connectivity index (χ3v) is 1.93. The van der Waals surface area contributed by atoms with E-state index in [9.17, 15) is 4.79 Å². The summed E-state index contributed by atoms with van der Waals surface area (Å²) in [5.41, 5.74) is 1.38. The van der Waals surface area contributed by atoms with E-state index in [0.717, 1.165) is 12.0 Å². The smallest absolute Gasteiger partial charge is 0.311 e. The minimum atomic E-state index is -0.294. The number of nitrogens with zero attached hydrogens (tertiary/aromatic N) is 1. The quantitative estimate of drug-likeness (QED) is 0.560. The van der Waals surface area contributed by atoms with Gasteiger partial charge in [0.2, 0.25) is 0 Å². The van der Waals surface area contributed by atoms with E-state index in [4.69, 9.17) is 10.00 Å². The van der Waals surface area contributed by atoms with E-state index in [1.165, 1.54) is 0 Å². The largest absolute Gasteiger partial charge is 0.425 e. The summed E-state index contributed by atoms with van der Waals surface area (Å²) in [6.07, 6.45) is 1.12. The molecule has 1 aromatic rings. The van der Waals surface area contributed by atoms with Crippen molar-refractivity contribution < 1.29 is 9.53 Å². The Morgan fingerprint density at radius 2 is 2.27 bits per heavy atom. The maximum Gasteiger partial charge on any atom is 0.311 e. The second-order valence-corrected chi connectivity index (χ2v) is 3.34. The maximum atomic E-state index is 11.2. The fourth-order valence-electron chi connectivity index (χ4n) is 1.20. The fraction of sp³-hybridized carbons (Fsp3) is 0.333. The van der Waals surface area contributed by atoms with Gasteiger partial charge in [-0.1, -0.05) is 13.0 Å². The highest BCUT2D eigenvalue weighted by Gasteiger charge is 2.08. The van der Waals surface area contributed by atoms with Crippen molar-refractivity contribution in [3.05, 3.63) is 29.3 Å². The fourth-order valence-corrected chi connectivity index (χ4v) is 1.20. The number of aryl methyl sites for hydroxylation is 1. The van der Waals surface area contributed by atoms with Crippen LogP contribution in [0, 0.1) is 18.3 Å². The van der Waals surface area contributed by atoms with Gasteiger partial charge >= 0.3 is 5.97 Å². The molecule has 0 atom stereocenters. The lowest BCUT2D eigenvalue weighted by atomic mass is 10.1. The molecule has 0 radical (unpaired) electrons. The lowest BCUT2D eigenvalue weighted by Gasteiger charge is -2.05. The summed E-state index contributed by atoms with van der Waals surface area (Å²) in [5.74, 6) is 0.0550. The third kappa shape index (κ3) is 3.10. The average molecular weight is 203 g/mol. The molecule has 0 N–H and O–H groups in total. The first-order valence-corrected chi connectivity index (χ1v) is 4.88. The first-order valence-electron chi connectivity index (χ1n) is 4.88. The highest BCUT2D eigenvalue weighted by molar-refractivity contribution is 5.73. The van der Waals surface area contributed by atoms with Gasteiger partial charge in [-0.2, -0.15) is 5.26 Å². The molecule has 1 rings (SSSR count). The van der Waals surface area contributed by atoms with Gasteiger partial charge in [-0.3, -0.25) is 4.79 Å². The number of esters is 1. The number of hydrogen-bond donors (Lipinski definition) is 0. The highest BCUT2D eigenvalue weighted by atomic mass is 16.5. The molecule has 0 spiro atoms. The van der Waals surface area contributed by atoms with Gasteiger partial charge in [0.15, 0.2) is 0 Å². The van der Waals surface area contributed by atoms with Crippen LogP contribution in [0.1, 0.15) is 30.9 Å². The van der Waals surface area contributed by atoms with Crippen LogP contribution < -0.4 is 4.74 Å². The molecule has 1 aromatic carbocycles. The van der Waals surface area contributed by atoms with Crippen LogP contribution in [0.3, 0.4) is 0 Å². The molecule has 0 bridgehead atoms. The van der Waals surface area contributed by atoms with Crippen LogP contribution in [0.2, 0.25) is 0 Å². The van der Waals surface area contributed by atoms with Crippen LogP contribution in [-0.4, -0.2) is 5.97 Å². The maximum absolute atomic E-state index is 11.2. The second-order valence-electron chi connectivity index (χ2n) is 3.34. The van der Waals surface area contributed by atoms with Crippen molar-refractivity contribution in [2.75, 3.05) is 0 Å². The van der Waals surface area contributed by atoms with Crippen molar-refractivity contribution in [2.24, 2.45) is 0 Å². The zero-order valence-electron chi connectivity index (χ0n) is 8.91. The summed E-state index contributed by atoms with van der Waals surface area (Å²) >= 11 is 0. The summed E-state index contributed by atoms with van der Waals surface area (Å²) in [4.78, 5) is 11.2. The van der Waals surface area contributed by atoms with E-state index in [2.05, 4.69) is 0 Å². The molecule has 78 valence electrons. The van der Waals surface area contributed by atoms with Crippen LogP contribution in [-0.2, 0) is 4.79 Å². The molecule has 0 unspecified atom stereocenters. The van der Waals surface area contributed by atoms with E-state index in [0.29, 0.717) is 17.7 Å². The van der Waals surface area contributed by atoms with Crippen LogP contribution in [0.15, 0.2) is 18.2 Å². The van der Waals surface area contributed by atoms with Gasteiger partial charge in [0, 0.05) is 6.42 Å². The molecule has 0 fully saturated rings. The van der Waals surface area contributed by atoms with Gasteiger partial charge in [-0.05, 0) is 31.0 Å². The molecule has 15 heavy (non-hydrogen) atoms. The lowest BCUT2D eigenvalue weighted by molar-refractivity contribution is -0.134. The number of ether oxygens (including phenoxy) is 1. The van der Waals surface area contributed by atoms with Crippen LogP contribution in [0.4, 0.5) is 0 Å². The summed E-state index contributed by atoms with van der Waals surface area (Å²) in [5, 5.41) is 8.84. The van der Waals surface area contributed by atoms with E-state index in [1.807, 2.05) is 26.0 Å². The number of nitriles is 1. The zero-order valence-corrected chi connectivity index (χ0v) is 8.91.